The average molecular weight is 446 g/mol. The molecule has 1 fully saturated rings. The molecular weight excluding hydrogens is 414 g/mol. The van der Waals surface area contributed by atoms with Gasteiger partial charge in [-0.25, -0.2) is 8.42 Å². The van der Waals surface area contributed by atoms with Gasteiger partial charge in [-0.3, -0.25) is 9.10 Å². The molecule has 2 aromatic rings. The summed E-state index contributed by atoms with van der Waals surface area (Å²) in [6.07, 6.45) is 1.50. The van der Waals surface area contributed by atoms with Crippen molar-refractivity contribution in [2.75, 3.05) is 41.8 Å². The second-order valence-corrected chi connectivity index (χ2v) is 9.66. The molecule has 8 heteroatoms. The fraction of sp³-hybridized carbons (Fsp3) is 0.435. The Labute approximate surface area is 185 Å². The standard InChI is InChI=1S/C23H31N3O4S/c1-4-22(26(31(3,28)29)21-7-5-6-18(2)16-21)23(27)24-17-19-8-10-20(11-9-19)25-12-14-30-15-13-25/h5-11,16,22H,4,12-15,17H2,1-3H3,(H,24,27). The summed E-state index contributed by atoms with van der Waals surface area (Å²) >= 11 is 0. The van der Waals surface area contributed by atoms with Gasteiger partial charge in [0.15, 0.2) is 0 Å². The lowest BCUT2D eigenvalue weighted by molar-refractivity contribution is -0.122. The summed E-state index contributed by atoms with van der Waals surface area (Å²) in [5.74, 6) is -0.313. The average Bonchev–Trinajstić information content (AvgIpc) is 2.75. The predicted octanol–water partition coefficient (Wildman–Crippen LogP) is 2.69. The number of sulfonamides is 1. The van der Waals surface area contributed by atoms with E-state index in [1.807, 2.05) is 44.2 Å². The first-order valence-electron chi connectivity index (χ1n) is 10.5. The van der Waals surface area contributed by atoms with Crippen LogP contribution in [0.15, 0.2) is 48.5 Å². The van der Waals surface area contributed by atoms with E-state index in [2.05, 4.69) is 10.2 Å². The Kier molecular flexibility index (Phi) is 7.56. The highest BCUT2D eigenvalue weighted by atomic mass is 32.2. The molecule has 1 amide bonds. The first-order valence-corrected chi connectivity index (χ1v) is 12.4. The normalized spacial score (nSPS) is 15.4. The fourth-order valence-electron chi connectivity index (χ4n) is 3.78. The third-order valence-corrected chi connectivity index (χ3v) is 6.55. The van der Waals surface area contributed by atoms with Gasteiger partial charge in [0.05, 0.1) is 25.2 Å². The molecule has 0 aliphatic carbocycles. The molecule has 168 valence electrons. The Bertz CT molecular complexity index is 986. The molecule has 31 heavy (non-hydrogen) atoms. The Hall–Kier alpha value is -2.58. The van der Waals surface area contributed by atoms with Crippen LogP contribution in [-0.2, 0) is 26.1 Å². The number of nitrogens with zero attached hydrogens (tertiary/aromatic N) is 2. The van der Waals surface area contributed by atoms with Crippen LogP contribution in [0.4, 0.5) is 11.4 Å². The number of amides is 1. The monoisotopic (exact) mass is 445 g/mol. The molecular formula is C23H31N3O4S. The lowest BCUT2D eigenvalue weighted by Crippen LogP contribution is -2.49. The van der Waals surface area contributed by atoms with Crippen molar-refractivity contribution in [3.05, 3.63) is 59.7 Å². The summed E-state index contributed by atoms with van der Waals surface area (Å²) in [5.41, 5.74) is 3.52. The Balaban J connectivity index is 1.69. The molecule has 0 aromatic heterocycles. The molecule has 1 heterocycles. The number of morpholine rings is 1. The molecule has 1 atom stereocenters. The summed E-state index contributed by atoms with van der Waals surface area (Å²) in [4.78, 5) is 15.2. The van der Waals surface area contributed by atoms with E-state index in [-0.39, 0.29) is 5.91 Å². The highest BCUT2D eigenvalue weighted by Crippen LogP contribution is 2.23. The molecule has 1 unspecified atom stereocenters. The van der Waals surface area contributed by atoms with Crippen LogP contribution in [0.3, 0.4) is 0 Å². The molecule has 1 aliphatic heterocycles. The fourth-order valence-corrected chi connectivity index (χ4v) is 4.98. The minimum atomic E-state index is -3.64. The molecule has 1 N–H and O–H groups in total. The minimum absolute atomic E-state index is 0.313. The second kappa shape index (κ2) is 10.2. The van der Waals surface area contributed by atoms with Gasteiger partial charge in [0.25, 0.3) is 0 Å². The first-order chi connectivity index (χ1) is 14.8. The zero-order valence-corrected chi connectivity index (χ0v) is 19.2. The van der Waals surface area contributed by atoms with Crippen LogP contribution in [0.2, 0.25) is 0 Å². The van der Waals surface area contributed by atoms with Gasteiger partial charge in [-0.15, -0.1) is 0 Å². The summed E-state index contributed by atoms with van der Waals surface area (Å²) in [6.45, 7) is 7.25. The van der Waals surface area contributed by atoms with Crippen LogP contribution in [0, 0.1) is 6.92 Å². The van der Waals surface area contributed by atoms with E-state index < -0.39 is 16.1 Å². The lowest BCUT2D eigenvalue weighted by atomic mass is 10.1. The number of hydrogen-bond acceptors (Lipinski definition) is 5. The van der Waals surface area contributed by atoms with Crippen molar-refractivity contribution in [1.29, 1.82) is 0 Å². The zero-order valence-electron chi connectivity index (χ0n) is 18.4. The minimum Gasteiger partial charge on any atom is -0.378 e. The van der Waals surface area contributed by atoms with Crippen LogP contribution in [0.25, 0.3) is 0 Å². The third kappa shape index (κ3) is 5.98. The number of rotatable bonds is 8. The number of nitrogens with one attached hydrogen (secondary N) is 1. The van der Waals surface area contributed by atoms with Gasteiger partial charge in [0.1, 0.15) is 6.04 Å². The third-order valence-electron chi connectivity index (χ3n) is 5.37. The largest absolute Gasteiger partial charge is 0.378 e. The molecule has 1 saturated heterocycles. The Morgan fingerprint density at radius 1 is 1.16 bits per heavy atom. The molecule has 1 aliphatic rings. The van der Waals surface area contributed by atoms with Crippen LogP contribution in [-0.4, -0.2) is 52.9 Å². The van der Waals surface area contributed by atoms with Gasteiger partial charge in [-0.1, -0.05) is 31.2 Å². The Morgan fingerprint density at radius 3 is 2.42 bits per heavy atom. The van der Waals surface area contributed by atoms with Crippen molar-refractivity contribution in [2.45, 2.75) is 32.9 Å². The first kappa shape index (κ1) is 23.1. The summed E-state index contributed by atoms with van der Waals surface area (Å²) in [5, 5.41) is 2.91. The Morgan fingerprint density at radius 2 is 1.84 bits per heavy atom. The summed E-state index contributed by atoms with van der Waals surface area (Å²) in [7, 11) is -3.64. The second-order valence-electron chi connectivity index (χ2n) is 7.81. The SMILES string of the molecule is CCC(C(=O)NCc1ccc(N2CCOCC2)cc1)N(c1cccc(C)c1)S(C)(=O)=O. The van der Waals surface area contributed by atoms with Crippen molar-refractivity contribution in [2.24, 2.45) is 0 Å². The van der Waals surface area contributed by atoms with Crippen LogP contribution < -0.4 is 14.5 Å². The van der Waals surface area contributed by atoms with E-state index in [0.29, 0.717) is 18.7 Å². The summed E-state index contributed by atoms with van der Waals surface area (Å²) in [6, 6.07) is 14.4. The van der Waals surface area contributed by atoms with Gasteiger partial charge in [0.2, 0.25) is 15.9 Å². The van der Waals surface area contributed by atoms with E-state index in [4.69, 9.17) is 4.74 Å². The van der Waals surface area contributed by atoms with Crippen molar-refractivity contribution >= 4 is 27.3 Å². The van der Waals surface area contributed by atoms with E-state index in [9.17, 15) is 13.2 Å². The zero-order chi connectivity index (χ0) is 22.4. The van der Waals surface area contributed by atoms with Crippen LogP contribution in [0.5, 0.6) is 0 Å². The number of hydrogen-bond donors (Lipinski definition) is 1. The molecule has 3 rings (SSSR count). The van der Waals surface area contributed by atoms with Crippen LogP contribution >= 0.6 is 0 Å². The topological polar surface area (TPSA) is 79.0 Å². The van der Waals surface area contributed by atoms with E-state index in [1.54, 1.807) is 18.2 Å². The van der Waals surface area contributed by atoms with Gasteiger partial charge in [0, 0.05) is 25.3 Å². The molecule has 0 spiro atoms. The highest BCUT2D eigenvalue weighted by Gasteiger charge is 2.31. The van der Waals surface area contributed by atoms with Gasteiger partial charge >= 0.3 is 0 Å². The quantitative estimate of drug-likeness (QED) is 0.676. The van der Waals surface area contributed by atoms with Gasteiger partial charge < -0.3 is 15.0 Å². The molecule has 0 radical (unpaired) electrons. The number of carbonyl (C=O) groups excluding carboxylic acids is 1. The van der Waals surface area contributed by atoms with E-state index in [0.717, 1.165) is 49.4 Å². The molecule has 7 nitrogen and oxygen atoms in total. The van der Waals surface area contributed by atoms with Crippen molar-refractivity contribution in [1.82, 2.24) is 5.32 Å². The van der Waals surface area contributed by atoms with Crippen LogP contribution in [0.1, 0.15) is 24.5 Å². The number of carbonyl (C=O) groups is 1. The number of benzene rings is 2. The smallest absolute Gasteiger partial charge is 0.244 e. The van der Waals surface area contributed by atoms with Crippen molar-refractivity contribution < 1.29 is 17.9 Å². The summed E-state index contributed by atoms with van der Waals surface area (Å²) < 4.78 is 31.7. The molecule has 0 bridgehead atoms. The number of aryl methyl sites for hydroxylation is 1. The van der Waals surface area contributed by atoms with Crippen molar-refractivity contribution in [3.8, 4) is 0 Å². The van der Waals surface area contributed by atoms with E-state index in [1.165, 1.54) is 4.31 Å². The van der Waals surface area contributed by atoms with E-state index >= 15 is 0 Å². The maximum Gasteiger partial charge on any atom is 0.244 e. The van der Waals surface area contributed by atoms with Crippen molar-refractivity contribution in [3.63, 3.8) is 0 Å². The van der Waals surface area contributed by atoms with Gasteiger partial charge in [-0.2, -0.15) is 0 Å². The predicted molar refractivity (Wildman–Crippen MR) is 124 cm³/mol. The maximum atomic E-state index is 13.0. The molecule has 0 saturated carbocycles. The highest BCUT2D eigenvalue weighted by molar-refractivity contribution is 7.92. The maximum absolute atomic E-state index is 13.0. The molecule has 2 aromatic carbocycles. The number of ether oxygens (including phenoxy) is 1. The lowest BCUT2D eigenvalue weighted by Gasteiger charge is -2.30. The number of anilines is 2. The van der Waals surface area contributed by atoms with Gasteiger partial charge in [-0.05, 0) is 48.7 Å².